The number of amides is 2. The molecule has 3 aromatic carbocycles. The zero-order chi connectivity index (χ0) is 27.1. The zero-order valence-corrected chi connectivity index (χ0v) is 21.7. The average Bonchev–Trinajstić information content (AvgIpc) is 3.43. The number of carbonyl (C=O) groups is 2. The van der Waals surface area contributed by atoms with Crippen LogP contribution < -0.4 is 16.4 Å². The summed E-state index contributed by atoms with van der Waals surface area (Å²) in [4.78, 5) is 30.4. The first kappa shape index (κ1) is 26.6. The number of oxazole rings is 1. The van der Waals surface area contributed by atoms with Crippen molar-refractivity contribution in [2.75, 3.05) is 5.32 Å². The predicted octanol–water partition coefficient (Wildman–Crippen LogP) is 5.70. The summed E-state index contributed by atoms with van der Waals surface area (Å²) in [6.45, 7) is 6.51. The summed E-state index contributed by atoms with van der Waals surface area (Å²) in [5.74, 6) is 0.839. The van der Waals surface area contributed by atoms with Crippen LogP contribution in [0.25, 0.3) is 11.3 Å². The Morgan fingerprint density at radius 3 is 2.34 bits per heavy atom. The van der Waals surface area contributed by atoms with Gasteiger partial charge in [-0.1, -0.05) is 87.5 Å². The number of nitrogens with zero attached hydrogens (tertiary/aromatic N) is 1. The second-order valence-corrected chi connectivity index (χ2v) is 9.93. The van der Waals surface area contributed by atoms with Crippen LogP contribution in [0.2, 0.25) is 0 Å². The smallest absolute Gasteiger partial charge is 0.408 e. The van der Waals surface area contributed by atoms with E-state index in [9.17, 15) is 9.59 Å². The molecule has 1 aromatic heterocycles. The standard InChI is InChI=1S/C30H32N4O4/c1-30(2,3)28-32-18-25(38-28)22-12-14-23(15-13-22)26(27(35)33-24-11-7-10-21(16-24)17-31)34-29(36)37-19-20-8-5-4-6-9-20/h4-16,18,26H,17,19,31H2,1-3H3,(H,33,35)(H,34,36)/t26-/m1/s1. The molecule has 4 aromatic rings. The van der Waals surface area contributed by atoms with Gasteiger partial charge < -0.3 is 25.5 Å². The number of rotatable bonds is 8. The van der Waals surface area contributed by atoms with E-state index in [0.29, 0.717) is 29.4 Å². The van der Waals surface area contributed by atoms with E-state index in [2.05, 4.69) is 15.6 Å². The number of nitrogens with one attached hydrogen (secondary N) is 2. The number of carbonyl (C=O) groups excluding carboxylic acids is 2. The Morgan fingerprint density at radius 2 is 1.68 bits per heavy atom. The van der Waals surface area contributed by atoms with Gasteiger partial charge in [-0.05, 0) is 28.8 Å². The number of benzene rings is 3. The lowest BCUT2D eigenvalue weighted by Crippen LogP contribution is -2.37. The summed E-state index contributed by atoms with van der Waals surface area (Å²) in [5, 5.41) is 5.57. The summed E-state index contributed by atoms with van der Waals surface area (Å²) in [6.07, 6.45) is 0.975. The Hall–Kier alpha value is -4.43. The molecule has 0 spiro atoms. The molecule has 0 saturated heterocycles. The molecule has 8 nitrogen and oxygen atoms in total. The molecule has 0 radical (unpaired) electrons. The van der Waals surface area contributed by atoms with E-state index in [1.807, 2.05) is 75.4 Å². The Bertz CT molecular complexity index is 1380. The van der Waals surface area contributed by atoms with Crippen molar-refractivity contribution in [1.29, 1.82) is 0 Å². The maximum absolute atomic E-state index is 13.3. The number of nitrogens with two attached hydrogens (primary N) is 1. The van der Waals surface area contributed by atoms with Gasteiger partial charge in [0.2, 0.25) is 0 Å². The molecule has 4 N–H and O–H groups in total. The Morgan fingerprint density at radius 1 is 0.974 bits per heavy atom. The maximum Gasteiger partial charge on any atom is 0.408 e. The highest BCUT2D eigenvalue weighted by Crippen LogP contribution is 2.28. The van der Waals surface area contributed by atoms with Gasteiger partial charge in [0.1, 0.15) is 12.6 Å². The van der Waals surface area contributed by atoms with E-state index in [4.69, 9.17) is 14.9 Å². The van der Waals surface area contributed by atoms with Gasteiger partial charge >= 0.3 is 6.09 Å². The summed E-state index contributed by atoms with van der Waals surface area (Å²) in [5.41, 5.74) is 9.20. The number of hydrogen-bond donors (Lipinski definition) is 3. The van der Waals surface area contributed by atoms with Crippen LogP contribution in [-0.4, -0.2) is 17.0 Å². The van der Waals surface area contributed by atoms with Crippen molar-refractivity contribution in [2.24, 2.45) is 5.73 Å². The second-order valence-electron chi connectivity index (χ2n) is 9.93. The lowest BCUT2D eigenvalue weighted by Gasteiger charge is -2.19. The summed E-state index contributed by atoms with van der Waals surface area (Å²) in [7, 11) is 0. The first-order valence-corrected chi connectivity index (χ1v) is 12.4. The average molecular weight is 513 g/mol. The fraction of sp³-hybridized carbons (Fsp3) is 0.233. The lowest BCUT2D eigenvalue weighted by molar-refractivity contribution is -0.118. The molecule has 0 bridgehead atoms. The van der Waals surface area contributed by atoms with E-state index in [-0.39, 0.29) is 12.0 Å². The third-order valence-electron chi connectivity index (χ3n) is 5.84. The van der Waals surface area contributed by atoms with Crippen LogP contribution in [0.5, 0.6) is 0 Å². The van der Waals surface area contributed by atoms with Gasteiger partial charge in [-0.25, -0.2) is 9.78 Å². The molecule has 0 aliphatic carbocycles. The van der Waals surface area contributed by atoms with Gasteiger partial charge in [0.25, 0.3) is 5.91 Å². The molecule has 0 unspecified atom stereocenters. The highest BCUT2D eigenvalue weighted by atomic mass is 16.5. The van der Waals surface area contributed by atoms with Crippen LogP contribution in [0.1, 0.15) is 49.4 Å². The lowest BCUT2D eigenvalue weighted by atomic mass is 9.97. The van der Waals surface area contributed by atoms with E-state index in [1.165, 1.54) is 0 Å². The minimum atomic E-state index is -1.01. The van der Waals surface area contributed by atoms with Crippen molar-refractivity contribution in [3.8, 4) is 11.3 Å². The monoisotopic (exact) mass is 512 g/mol. The Labute approximate surface area is 222 Å². The van der Waals surface area contributed by atoms with Crippen molar-refractivity contribution >= 4 is 17.7 Å². The van der Waals surface area contributed by atoms with Gasteiger partial charge in [-0.3, -0.25) is 4.79 Å². The summed E-state index contributed by atoms with van der Waals surface area (Å²) >= 11 is 0. The van der Waals surface area contributed by atoms with Crippen molar-refractivity contribution in [2.45, 2.75) is 45.4 Å². The minimum absolute atomic E-state index is 0.0834. The van der Waals surface area contributed by atoms with Gasteiger partial charge in [-0.2, -0.15) is 0 Å². The van der Waals surface area contributed by atoms with E-state index < -0.39 is 18.0 Å². The Kier molecular flexibility index (Phi) is 8.23. The van der Waals surface area contributed by atoms with E-state index in [1.54, 1.807) is 30.5 Å². The first-order valence-electron chi connectivity index (χ1n) is 12.4. The summed E-state index contributed by atoms with van der Waals surface area (Å²) in [6, 6.07) is 22.8. The fourth-order valence-electron chi connectivity index (χ4n) is 3.77. The predicted molar refractivity (Wildman–Crippen MR) is 146 cm³/mol. The molecule has 8 heteroatoms. The molecule has 0 fully saturated rings. The third kappa shape index (κ3) is 6.86. The minimum Gasteiger partial charge on any atom is -0.445 e. The number of ether oxygens (including phenoxy) is 1. The first-order chi connectivity index (χ1) is 18.2. The molecule has 38 heavy (non-hydrogen) atoms. The molecule has 0 aliphatic rings. The van der Waals surface area contributed by atoms with Crippen LogP contribution >= 0.6 is 0 Å². The quantitative estimate of drug-likeness (QED) is 0.278. The van der Waals surface area contributed by atoms with Crippen LogP contribution in [0.15, 0.2) is 89.5 Å². The third-order valence-corrected chi connectivity index (χ3v) is 5.84. The van der Waals surface area contributed by atoms with Crippen LogP contribution in [0, 0.1) is 0 Å². The molecule has 0 aliphatic heterocycles. The van der Waals surface area contributed by atoms with Gasteiger partial charge in [-0.15, -0.1) is 0 Å². The number of alkyl carbamates (subject to hydrolysis) is 1. The highest BCUT2D eigenvalue weighted by molar-refractivity contribution is 5.97. The normalized spacial score (nSPS) is 12.0. The van der Waals surface area contributed by atoms with Crippen LogP contribution in [0.4, 0.5) is 10.5 Å². The zero-order valence-electron chi connectivity index (χ0n) is 21.7. The molecule has 196 valence electrons. The summed E-state index contributed by atoms with van der Waals surface area (Å²) < 4.78 is 11.3. The van der Waals surface area contributed by atoms with Gasteiger partial charge in [0.05, 0.1) is 6.20 Å². The van der Waals surface area contributed by atoms with Crippen molar-refractivity contribution in [1.82, 2.24) is 10.3 Å². The SMILES string of the molecule is CC(C)(C)c1ncc(-c2ccc([C@@H](NC(=O)OCc3ccccc3)C(=O)Nc3cccc(CN)c3)cc2)o1. The van der Waals surface area contributed by atoms with Crippen LogP contribution in [-0.2, 0) is 28.1 Å². The van der Waals surface area contributed by atoms with E-state index >= 15 is 0 Å². The van der Waals surface area contributed by atoms with Crippen molar-refractivity contribution < 1.29 is 18.7 Å². The van der Waals surface area contributed by atoms with Crippen molar-refractivity contribution in [3.63, 3.8) is 0 Å². The molecular weight excluding hydrogens is 480 g/mol. The fourth-order valence-corrected chi connectivity index (χ4v) is 3.77. The molecule has 0 saturated carbocycles. The molecule has 2 amide bonds. The van der Waals surface area contributed by atoms with Gasteiger partial charge in [0.15, 0.2) is 11.7 Å². The van der Waals surface area contributed by atoms with Gasteiger partial charge in [0, 0.05) is 23.2 Å². The topological polar surface area (TPSA) is 119 Å². The molecule has 1 heterocycles. The maximum atomic E-state index is 13.3. The largest absolute Gasteiger partial charge is 0.445 e. The number of anilines is 1. The molecule has 4 rings (SSSR count). The highest BCUT2D eigenvalue weighted by Gasteiger charge is 2.25. The van der Waals surface area contributed by atoms with Crippen molar-refractivity contribution in [3.05, 3.63) is 108 Å². The second kappa shape index (κ2) is 11.7. The van der Waals surface area contributed by atoms with Crippen LogP contribution in [0.3, 0.4) is 0 Å². The number of aromatic nitrogens is 1. The number of hydrogen-bond acceptors (Lipinski definition) is 6. The van der Waals surface area contributed by atoms with E-state index in [0.717, 1.165) is 16.7 Å². The molecule has 1 atom stereocenters. The Balaban J connectivity index is 1.54. The molecular formula is C30H32N4O4.